The molecule has 0 saturated carbocycles. The molecule has 13 nitrogen and oxygen atoms in total. The number of hydrogen-bond acceptors (Lipinski definition) is 10. The topological polar surface area (TPSA) is 168 Å². The summed E-state index contributed by atoms with van der Waals surface area (Å²) in [5.74, 6) is -0.0812. The average molecular weight is 729 g/mol. The molecule has 4 rings (SSSR count). The number of ether oxygens (including phenoxy) is 4. The van der Waals surface area contributed by atoms with Gasteiger partial charge in [0.25, 0.3) is 0 Å². The van der Waals surface area contributed by atoms with Crippen LogP contribution in [0.1, 0.15) is 65.9 Å². The van der Waals surface area contributed by atoms with E-state index < -0.39 is 57.8 Å². The van der Waals surface area contributed by atoms with Gasteiger partial charge < -0.3 is 29.4 Å². The Labute approximate surface area is 301 Å². The summed E-state index contributed by atoms with van der Waals surface area (Å²) in [4.78, 5) is 27.2. The van der Waals surface area contributed by atoms with Crippen LogP contribution in [-0.2, 0) is 35.4 Å². The molecule has 2 aliphatic heterocycles. The molecule has 2 heterocycles. The molecule has 2 N–H and O–H groups in total. The Morgan fingerprint density at radius 2 is 1.82 bits per heavy atom. The second kappa shape index (κ2) is 17.2. The highest BCUT2D eigenvalue weighted by molar-refractivity contribution is 7.89. The van der Waals surface area contributed by atoms with E-state index in [1.807, 2.05) is 44.2 Å². The molecular formula is C37H52N4O9S. The lowest BCUT2D eigenvalue weighted by Gasteiger charge is -2.35. The van der Waals surface area contributed by atoms with Gasteiger partial charge in [0.15, 0.2) is 6.29 Å². The maximum Gasteiger partial charge on any atom is 0.414 e. The summed E-state index contributed by atoms with van der Waals surface area (Å²) >= 11 is 0. The maximum absolute atomic E-state index is 14.5. The van der Waals surface area contributed by atoms with Gasteiger partial charge in [0.1, 0.15) is 11.7 Å². The van der Waals surface area contributed by atoms with Crippen molar-refractivity contribution in [3.63, 3.8) is 0 Å². The Hall–Kier alpha value is -3.74. The minimum Gasteiger partial charge on any atom is -0.443 e. The molecule has 2 aliphatic rings. The smallest absolute Gasteiger partial charge is 0.414 e. The first-order valence-electron chi connectivity index (χ1n) is 17.4. The van der Waals surface area contributed by atoms with E-state index >= 15 is 0 Å². The van der Waals surface area contributed by atoms with Crippen LogP contribution in [0.25, 0.3) is 0 Å². The number of unbranched alkanes of at least 4 members (excludes halogenated alkanes) is 1. The van der Waals surface area contributed by atoms with Gasteiger partial charge in [0.05, 0.1) is 42.2 Å². The molecule has 2 aromatic rings. The zero-order valence-corrected chi connectivity index (χ0v) is 31.2. The number of fused-ring (bicyclic) bond motifs is 1. The first kappa shape index (κ1) is 40.0. The van der Waals surface area contributed by atoms with Crippen molar-refractivity contribution >= 4 is 27.9 Å². The van der Waals surface area contributed by atoms with Crippen LogP contribution in [0.3, 0.4) is 0 Å². The lowest BCUT2D eigenvalue weighted by Crippen LogP contribution is -2.52. The van der Waals surface area contributed by atoms with Crippen molar-refractivity contribution in [1.82, 2.24) is 9.62 Å². The third-order valence-electron chi connectivity index (χ3n) is 8.96. The van der Waals surface area contributed by atoms with Crippen molar-refractivity contribution < 1.29 is 42.1 Å². The van der Waals surface area contributed by atoms with E-state index in [0.717, 1.165) is 5.56 Å². The van der Waals surface area contributed by atoms with Crippen LogP contribution in [0.4, 0.5) is 15.3 Å². The number of amides is 2. The highest BCUT2D eigenvalue weighted by Gasteiger charge is 2.44. The van der Waals surface area contributed by atoms with Crippen molar-refractivity contribution in [1.29, 1.82) is 5.26 Å². The maximum atomic E-state index is 14.5. The number of carbonyl (C=O) groups is 2. The molecule has 0 unspecified atom stereocenters. The largest absolute Gasteiger partial charge is 0.443 e. The first-order valence-corrected chi connectivity index (χ1v) is 18.8. The predicted octanol–water partition coefficient (Wildman–Crippen LogP) is 5.23. The summed E-state index contributed by atoms with van der Waals surface area (Å²) in [5, 5.41) is 23.7. The summed E-state index contributed by atoms with van der Waals surface area (Å²) < 4.78 is 52.5. The number of nitrogens with one attached hydrogen (secondary N) is 1. The lowest BCUT2D eigenvalue weighted by atomic mass is 9.87. The molecule has 5 atom stereocenters. The number of rotatable bonds is 15. The van der Waals surface area contributed by atoms with Crippen LogP contribution in [-0.4, -0.2) is 93.5 Å². The first-order chi connectivity index (χ1) is 24.0. The average Bonchev–Trinajstić information content (AvgIpc) is 3.68. The van der Waals surface area contributed by atoms with E-state index in [9.17, 15) is 23.1 Å². The van der Waals surface area contributed by atoms with Gasteiger partial charge in [-0.1, -0.05) is 50.2 Å². The molecule has 0 aromatic heterocycles. The zero-order chi connectivity index (χ0) is 37.4. The van der Waals surface area contributed by atoms with E-state index in [1.54, 1.807) is 26.8 Å². The molecule has 0 bridgehead atoms. The van der Waals surface area contributed by atoms with Crippen molar-refractivity contribution in [3.8, 4) is 6.07 Å². The van der Waals surface area contributed by atoms with Gasteiger partial charge in [-0.25, -0.2) is 18.0 Å². The van der Waals surface area contributed by atoms with E-state index in [0.29, 0.717) is 38.0 Å². The number of alkyl carbamates (subject to hydrolysis) is 1. The molecule has 0 aliphatic carbocycles. The standard InChI is InChI=1S/C37H52N4O9S/c1-36(2,3)50-35(44)40(6)27-15-12-16-28(22-27)51(45,46)41(25-37(4,5)18-10-11-19-38)23-31(42)30(21-26-13-8-7-9-14-26)39-34(43)49-32-24-48-33-29(32)17-20-47-33/h7-9,12-16,22,29-33,42H,10-11,17-18,20-21,23-25H2,1-6H3,(H,39,43)/t29-,30-,31+,32-,33+/m0/s1. The second-order valence-corrected chi connectivity index (χ2v) is 16.9. The third-order valence-corrected chi connectivity index (χ3v) is 10.8. The number of nitrogens with zero attached hydrogens (tertiary/aromatic N) is 3. The molecular weight excluding hydrogens is 676 g/mol. The molecule has 2 amide bonds. The van der Waals surface area contributed by atoms with Crippen LogP contribution in [0.15, 0.2) is 59.5 Å². The van der Waals surface area contributed by atoms with E-state index in [-0.39, 0.29) is 36.9 Å². The number of nitriles is 1. The fourth-order valence-electron chi connectivity index (χ4n) is 6.25. The highest BCUT2D eigenvalue weighted by atomic mass is 32.2. The number of hydrogen-bond donors (Lipinski definition) is 2. The molecule has 280 valence electrons. The Bertz CT molecular complexity index is 1620. The summed E-state index contributed by atoms with van der Waals surface area (Å²) in [5.41, 5.74) is -0.220. The monoisotopic (exact) mass is 728 g/mol. The Morgan fingerprint density at radius 1 is 1.10 bits per heavy atom. The number of sulfonamides is 1. The molecule has 0 radical (unpaired) electrons. The summed E-state index contributed by atoms with van der Waals surface area (Å²) in [6.45, 7) is 9.40. The van der Waals surface area contributed by atoms with Gasteiger partial charge in [0.2, 0.25) is 10.0 Å². The van der Waals surface area contributed by atoms with Crippen LogP contribution in [0, 0.1) is 22.7 Å². The van der Waals surface area contributed by atoms with E-state index in [2.05, 4.69) is 11.4 Å². The lowest BCUT2D eigenvalue weighted by molar-refractivity contribution is -0.0907. The number of anilines is 1. The van der Waals surface area contributed by atoms with Crippen LogP contribution in [0.2, 0.25) is 0 Å². The summed E-state index contributed by atoms with van der Waals surface area (Å²) in [6.07, 6.45) is -1.34. The third kappa shape index (κ3) is 11.4. The van der Waals surface area contributed by atoms with Gasteiger partial charge in [-0.05, 0) is 75.6 Å². The second-order valence-electron chi connectivity index (χ2n) is 15.0. The Morgan fingerprint density at radius 3 is 2.51 bits per heavy atom. The van der Waals surface area contributed by atoms with Gasteiger partial charge in [-0.15, -0.1) is 0 Å². The van der Waals surface area contributed by atoms with Gasteiger partial charge in [-0.2, -0.15) is 9.57 Å². The van der Waals surface area contributed by atoms with Gasteiger partial charge in [0, 0.05) is 32.2 Å². The fourth-order valence-corrected chi connectivity index (χ4v) is 7.93. The molecule has 0 spiro atoms. The van der Waals surface area contributed by atoms with Crippen molar-refractivity contribution in [2.24, 2.45) is 11.3 Å². The minimum atomic E-state index is -4.28. The van der Waals surface area contributed by atoms with Crippen LogP contribution in [0.5, 0.6) is 0 Å². The van der Waals surface area contributed by atoms with Crippen molar-refractivity contribution in [2.75, 3.05) is 38.3 Å². The number of carbonyl (C=O) groups excluding carboxylic acids is 2. The van der Waals surface area contributed by atoms with Gasteiger partial charge in [-0.3, -0.25) is 4.90 Å². The van der Waals surface area contributed by atoms with Gasteiger partial charge >= 0.3 is 12.2 Å². The summed E-state index contributed by atoms with van der Waals surface area (Å²) in [6, 6.07) is 16.4. The highest BCUT2D eigenvalue weighted by Crippen LogP contribution is 2.33. The van der Waals surface area contributed by atoms with Crippen molar-refractivity contribution in [2.45, 2.75) is 102 Å². The van der Waals surface area contributed by atoms with Crippen LogP contribution >= 0.6 is 0 Å². The fraction of sp³-hybridized carbons (Fsp3) is 0.595. The van der Waals surface area contributed by atoms with E-state index in [4.69, 9.17) is 24.2 Å². The predicted molar refractivity (Wildman–Crippen MR) is 190 cm³/mol. The van der Waals surface area contributed by atoms with E-state index in [1.165, 1.54) is 34.5 Å². The quantitative estimate of drug-likeness (QED) is 0.232. The summed E-state index contributed by atoms with van der Waals surface area (Å²) in [7, 11) is -2.79. The van der Waals surface area contributed by atoms with Crippen molar-refractivity contribution in [3.05, 3.63) is 60.2 Å². The normalized spacial score (nSPS) is 20.3. The zero-order valence-electron chi connectivity index (χ0n) is 30.4. The SMILES string of the molecule is CN(C(=O)OC(C)(C)C)c1cccc(S(=O)(=O)N(C[C@@H](O)[C@H](Cc2ccccc2)NC(=O)O[C@H]2CO[C@H]3OCC[C@H]32)CC(C)(C)CCCC#N)c1. The molecule has 2 saturated heterocycles. The molecule has 2 fully saturated rings. The number of benzene rings is 2. The van der Waals surface area contributed by atoms with Crippen LogP contribution < -0.4 is 10.2 Å². The Kier molecular flexibility index (Phi) is 13.5. The molecule has 51 heavy (non-hydrogen) atoms. The Balaban J connectivity index is 1.61. The molecule has 2 aromatic carbocycles. The number of aliphatic hydroxyl groups is 1. The number of aliphatic hydroxyl groups excluding tert-OH is 1. The minimum absolute atomic E-state index is 0.00887. The molecule has 14 heteroatoms.